The van der Waals surface area contributed by atoms with Gasteiger partial charge < -0.3 is 14.8 Å². The summed E-state index contributed by atoms with van der Waals surface area (Å²) in [6, 6.07) is 14.1. The molecule has 2 aromatic rings. The van der Waals surface area contributed by atoms with Crippen LogP contribution >= 0.6 is 0 Å². The van der Waals surface area contributed by atoms with Crippen LogP contribution in [-0.4, -0.2) is 18.6 Å². The summed E-state index contributed by atoms with van der Waals surface area (Å²) in [5, 5.41) is 3.26. The highest BCUT2D eigenvalue weighted by atomic mass is 16.5. The molecule has 32 heavy (non-hydrogen) atoms. The zero-order valence-electron chi connectivity index (χ0n) is 20.2. The number of carbonyl (C=O) groups excluding carboxylic acids is 1. The molecule has 0 bridgehead atoms. The molecular formula is C28H39NO3. The van der Waals surface area contributed by atoms with Crippen LogP contribution in [-0.2, 0) is 12.0 Å². The molecular weight excluding hydrogens is 398 g/mol. The summed E-state index contributed by atoms with van der Waals surface area (Å²) >= 11 is 0. The van der Waals surface area contributed by atoms with Gasteiger partial charge in [0.15, 0.2) is 0 Å². The van der Waals surface area contributed by atoms with Gasteiger partial charge in [-0.05, 0) is 55.0 Å². The molecule has 4 nitrogen and oxygen atoms in total. The van der Waals surface area contributed by atoms with Gasteiger partial charge in [-0.2, -0.15) is 0 Å². The van der Waals surface area contributed by atoms with Gasteiger partial charge >= 0.3 is 0 Å². The number of rotatable bonds is 7. The molecule has 0 atom stereocenters. The molecule has 0 spiro atoms. The molecule has 0 unspecified atom stereocenters. The molecule has 1 aliphatic carbocycles. The highest BCUT2D eigenvalue weighted by Crippen LogP contribution is 2.32. The molecule has 0 aliphatic heterocycles. The zero-order valence-corrected chi connectivity index (χ0v) is 20.2. The van der Waals surface area contributed by atoms with Gasteiger partial charge in [-0.25, -0.2) is 0 Å². The number of nitrogens with one attached hydrogen (secondary N) is 1. The Morgan fingerprint density at radius 2 is 1.62 bits per heavy atom. The van der Waals surface area contributed by atoms with Crippen molar-refractivity contribution in [2.75, 3.05) is 6.61 Å². The van der Waals surface area contributed by atoms with Gasteiger partial charge in [-0.1, -0.05) is 71.1 Å². The van der Waals surface area contributed by atoms with Crippen LogP contribution in [0.5, 0.6) is 11.5 Å². The molecule has 0 aromatic heterocycles. The summed E-state index contributed by atoms with van der Waals surface area (Å²) in [5.41, 5.74) is 2.70. The second-order valence-electron chi connectivity index (χ2n) is 9.81. The molecule has 1 amide bonds. The molecule has 0 heterocycles. The number of para-hydroxylation sites is 1. The predicted molar refractivity (Wildman–Crippen MR) is 131 cm³/mol. The first-order valence-corrected chi connectivity index (χ1v) is 12.2. The topological polar surface area (TPSA) is 47.6 Å². The first-order chi connectivity index (χ1) is 15.4. The lowest BCUT2D eigenvalue weighted by atomic mass is 9.86. The van der Waals surface area contributed by atoms with E-state index in [1.165, 1.54) is 32.1 Å². The van der Waals surface area contributed by atoms with Crippen LogP contribution in [0.15, 0.2) is 42.5 Å². The molecule has 1 N–H and O–H groups in total. The molecule has 1 aliphatic rings. The molecule has 3 rings (SSSR count). The number of carbonyl (C=O) groups is 1. The summed E-state index contributed by atoms with van der Waals surface area (Å²) in [6.07, 6.45) is 8.40. The third-order valence-corrected chi connectivity index (χ3v) is 6.14. The van der Waals surface area contributed by atoms with Crippen LogP contribution in [0.25, 0.3) is 0 Å². The SMILES string of the molecule is CCOc1ccc(C(=O)NC2CCCCCCC2)cc1COc1ccccc1C(C)(C)C. The van der Waals surface area contributed by atoms with E-state index in [-0.39, 0.29) is 17.4 Å². The average Bonchev–Trinajstić information content (AvgIpc) is 2.74. The van der Waals surface area contributed by atoms with Crippen molar-refractivity contribution in [2.24, 2.45) is 0 Å². The predicted octanol–water partition coefficient (Wildman–Crippen LogP) is 6.80. The average molecular weight is 438 g/mol. The van der Waals surface area contributed by atoms with Crippen LogP contribution in [0.4, 0.5) is 0 Å². The lowest BCUT2D eigenvalue weighted by Gasteiger charge is -2.23. The van der Waals surface area contributed by atoms with Crippen molar-refractivity contribution in [3.8, 4) is 11.5 Å². The normalized spacial score (nSPS) is 15.5. The van der Waals surface area contributed by atoms with E-state index in [1.54, 1.807) is 0 Å². The van der Waals surface area contributed by atoms with Crippen LogP contribution in [0.1, 0.15) is 94.1 Å². The van der Waals surface area contributed by atoms with Gasteiger partial charge in [0.25, 0.3) is 5.91 Å². The molecule has 0 saturated heterocycles. The fourth-order valence-electron chi connectivity index (χ4n) is 4.37. The first-order valence-electron chi connectivity index (χ1n) is 12.2. The van der Waals surface area contributed by atoms with E-state index in [0.29, 0.717) is 18.8 Å². The van der Waals surface area contributed by atoms with E-state index in [0.717, 1.165) is 35.5 Å². The monoisotopic (exact) mass is 437 g/mol. The molecule has 4 heteroatoms. The first kappa shape index (κ1) is 24.2. The lowest BCUT2D eigenvalue weighted by Crippen LogP contribution is -2.35. The molecule has 174 valence electrons. The zero-order chi connectivity index (χ0) is 23.0. The van der Waals surface area contributed by atoms with Gasteiger partial charge in [0.1, 0.15) is 18.1 Å². The molecule has 2 aromatic carbocycles. The van der Waals surface area contributed by atoms with E-state index in [9.17, 15) is 4.79 Å². The molecule has 1 saturated carbocycles. The van der Waals surface area contributed by atoms with Crippen molar-refractivity contribution in [1.82, 2.24) is 5.32 Å². The Bertz CT molecular complexity index is 876. The fourth-order valence-corrected chi connectivity index (χ4v) is 4.37. The van der Waals surface area contributed by atoms with E-state index in [1.807, 2.05) is 43.3 Å². The molecule has 1 fully saturated rings. The minimum absolute atomic E-state index is 0.00466. The van der Waals surface area contributed by atoms with E-state index in [2.05, 4.69) is 32.2 Å². The Balaban J connectivity index is 1.75. The maximum absolute atomic E-state index is 13.0. The van der Waals surface area contributed by atoms with Gasteiger partial charge in [-0.15, -0.1) is 0 Å². The number of benzene rings is 2. The number of amides is 1. The van der Waals surface area contributed by atoms with E-state index in [4.69, 9.17) is 9.47 Å². The summed E-state index contributed by atoms with van der Waals surface area (Å²) < 4.78 is 12.1. The largest absolute Gasteiger partial charge is 0.493 e. The lowest BCUT2D eigenvalue weighted by molar-refractivity contribution is 0.0930. The van der Waals surface area contributed by atoms with Crippen molar-refractivity contribution in [1.29, 1.82) is 0 Å². The standard InChI is InChI=1S/C28H39NO3/c1-5-31-25-18-17-21(27(30)29-23-13-9-7-6-8-10-14-23)19-22(25)20-32-26-16-12-11-15-24(26)28(2,3)4/h11-12,15-19,23H,5-10,13-14,20H2,1-4H3,(H,29,30). The smallest absolute Gasteiger partial charge is 0.251 e. The highest BCUT2D eigenvalue weighted by Gasteiger charge is 2.20. The summed E-state index contributed by atoms with van der Waals surface area (Å²) in [6.45, 7) is 9.44. The van der Waals surface area contributed by atoms with Gasteiger partial charge in [0, 0.05) is 17.2 Å². The van der Waals surface area contributed by atoms with Crippen molar-refractivity contribution in [3.05, 3.63) is 59.2 Å². The Kier molecular flexibility index (Phi) is 8.60. The number of hydrogen-bond donors (Lipinski definition) is 1. The number of hydrogen-bond acceptors (Lipinski definition) is 3. The highest BCUT2D eigenvalue weighted by molar-refractivity contribution is 5.94. The third kappa shape index (κ3) is 6.75. The summed E-state index contributed by atoms with van der Waals surface area (Å²) in [4.78, 5) is 13.0. The minimum Gasteiger partial charge on any atom is -0.493 e. The second-order valence-corrected chi connectivity index (χ2v) is 9.81. The minimum atomic E-state index is -0.0152. The maximum atomic E-state index is 13.0. The van der Waals surface area contributed by atoms with Crippen molar-refractivity contribution in [3.63, 3.8) is 0 Å². The Hall–Kier alpha value is -2.49. The van der Waals surface area contributed by atoms with E-state index >= 15 is 0 Å². The Morgan fingerprint density at radius 3 is 2.31 bits per heavy atom. The maximum Gasteiger partial charge on any atom is 0.251 e. The van der Waals surface area contributed by atoms with Crippen LogP contribution in [0.2, 0.25) is 0 Å². The van der Waals surface area contributed by atoms with Gasteiger partial charge in [0.05, 0.1) is 6.61 Å². The van der Waals surface area contributed by atoms with Crippen molar-refractivity contribution < 1.29 is 14.3 Å². The quantitative estimate of drug-likeness (QED) is 0.518. The summed E-state index contributed by atoms with van der Waals surface area (Å²) in [5.74, 6) is 1.63. The van der Waals surface area contributed by atoms with E-state index < -0.39 is 0 Å². The fraction of sp³-hybridized carbons (Fsp3) is 0.536. The van der Waals surface area contributed by atoms with Crippen molar-refractivity contribution in [2.45, 2.75) is 90.7 Å². The Labute approximate surface area is 193 Å². The summed E-state index contributed by atoms with van der Waals surface area (Å²) in [7, 11) is 0. The van der Waals surface area contributed by atoms with Gasteiger partial charge in [-0.3, -0.25) is 4.79 Å². The molecule has 0 radical (unpaired) electrons. The third-order valence-electron chi connectivity index (χ3n) is 6.14. The van der Waals surface area contributed by atoms with Crippen LogP contribution in [0, 0.1) is 0 Å². The number of ether oxygens (including phenoxy) is 2. The Morgan fingerprint density at radius 1 is 0.938 bits per heavy atom. The van der Waals surface area contributed by atoms with Crippen LogP contribution in [0.3, 0.4) is 0 Å². The van der Waals surface area contributed by atoms with Crippen LogP contribution < -0.4 is 14.8 Å². The van der Waals surface area contributed by atoms with Crippen molar-refractivity contribution >= 4 is 5.91 Å². The second kappa shape index (κ2) is 11.4. The van der Waals surface area contributed by atoms with Gasteiger partial charge in [0.2, 0.25) is 0 Å².